The van der Waals surface area contributed by atoms with Crippen LogP contribution in [-0.2, 0) is 0 Å². The quantitative estimate of drug-likeness (QED) is 0.100. The Morgan fingerprint density at radius 3 is 1.10 bits per heavy atom. The van der Waals surface area contributed by atoms with Crippen molar-refractivity contribution in [2.24, 2.45) is 0 Å². The second-order valence-corrected chi connectivity index (χ2v) is 25.4. The van der Waals surface area contributed by atoms with E-state index in [4.69, 9.17) is 9.47 Å². The van der Waals surface area contributed by atoms with Crippen LogP contribution in [0.3, 0.4) is 0 Å². The Labute approximate surface area is 538 Å². The summed E-state index contributed by atoms with van der Waals surface area (Å²) in [5.74, 6) is 2.97. The van der Waals surface area contributed by atoms with Crippen LogP contribution in [0.1, 0.15) is 25.7 Å². The van der Waals surface area contributed by atoms with Gasteiger partial charge in [0.05, 0.1) is 6.10 Å². The summed E-state index contributed by atoms with van der Waals surface area (Å²) < 4.78 is 15.7. The van der Waals surface area contributed by atoms with Crippen molar-refractivity contribution >= 4 is 73.1 Å². The van der Waals surface area contributed by atoms with E-state index < -0.39 is 0 Å². The van der Waals surface area contributed by atoms with Gasteiger partial charge in [0.25, 0.3) is 6.71 Å². The topological polar surface area (TPSA) is 18.5 Å². The van der Waals surface area contributed by atoms with Gasteiger partial charge in [0.15, 0.2) is 0 Å². The van der Waals surface area contributed by atoms with Crippen LogP contribution in [0.4, 0.5) is 0 Å². The molecule has 432 valence electrons. The molecule has 15 aromatic rings. The molecule has 0 amide bonds. The second kappa shape index (κ2) is 22.5. The van der Waals surface area contributed by atoms with E-state index >= 15 is 0 Å². The lowest BCUT2D eigenvalue weighted by molar-refractivity contribution is 0.152. The molecule has 0 bridgehead atoms. The van der Waals surface area contributed by atoms with Crippen molar-refractivity contribution in [3.63, 3.8) is 0 Å². The molecule has 15 aromatic carbocycles. The standard InChI is InChI=1S/C88H62B2O2/c1-9-29-57(30-10-1)65-53-71(59-33-13-3-14-34-59)83(72(54-65)60-35-15-4-16-36-60)89-75-45-25-27-47-77(75)91-87-69-51-50-68-80(64-43-23-8-24-44-64)86-88(70-52-49-67(81(69)82(68)70)79(85(87)89)63-41-21-7-22-42-63)92-78-48-28-26-46-76(78)90(86)84-73(61-37-17-5-18-38-61)55-66(58-31-11-2-12-32-58)56-74(84)62-39-19-6-20-40-62/h1-25,27,29-45,47,49-56,76,78H,26,28,46,48H2. The van der Waals surface area contributed by atoms with Gasteiger partial charge in [-0.2, -0.15) is 0 Å². The van der Waals surface area contributed by atoms with E-state index in [1.807, 2.05) is 0 Å². The van der Waals surface area contributed by atoms with Crippen molar-refractivity contribution in [2.75, 3.05) is 0 Å². The average molecular weight is 1170 g/mol. The summed E-state index contributed by atoms with van der Waals surface area (Å²) >= 11 is 0. The van der Waals surface area contributed by atoms with Crippen molar-refractivity contribution in [1.29, 1.82) is 0 Å². The number of fused-ring (bicyclic) bond motifs is 6. The van der Waals surface area contributed by atoms with Crippen molar-refractivity contribution < 1.29 is 9.47 Å². The Kier molecular flexibility index (Phi) is 13.2. The van der Waals surface area contributed by atoms with Crippen molar-refractivity contribution in [1.82, 2.24) is 0 Å². The highest BCUT2D eigenvalue weighted by molar-refractivity contribution is 6.99. The predicted octanol–water partition coefficient (Wildman–Crippen LogP) is 19.9. The van der Waals surface area contributed by atoms with E-state index in [1.165, 1.54) is 110 Å². The van der Waals surface area contributed by atoms with Crippen LogP contribution in [0.5, 0.6) is 17.2 Å². The van der Waals surface area contributed by atoms with Gasteiger partial charge in [-0.25, -0.2) is 0 Å². The molecule has 0 aromatic heterocycles. The van der Waals surface area contributed by atoms with E-state index in [0.29, 0.717) is 0 Å². The molecule has 18 rings (SSSR count). The Hall–Kier alpha value is -10.9. The number of ether oxygens (including phenoxy) is 2. The molecule has 2 nitrogen and oxygen atoms in total. The summed E-state index contributed by atoms with van der Waals surface area (Å²) in [7, 11) is 0. The minimum atomic E-state index is -0.270. The number of hydrogen-bond donors (Lipinski definition) is 0. The second-order valence-electron chi connectivity index (χ2n) is 25.4. The molecule has 2 atom stereocenters. The van der Waals surface area contributed by atoms with E-state index in [9.17, 15) is 0 Å². The molecule has 2 aliphatic heterocycles. The molecular formula is C88H62B2O2. The maximum absolute atomic E-state index is 7.96. The van der Waals surface area contributed by atoms with Gasteiger partial charge in [0.1, 0.15) is 17.2 Å². The zero-order chi connectivity index (χ0) is 60.6. The smallest absolute Gasteiger partial charge is 0.253 e. The van der Waals surface area contributed by atoms with Crippen LogP contribution in [0, 0.1) is 0 Å². The van der Waals surface area contributed by atoms with Crippen LogP contribution in [0.2, 0.25) is 5.82 Å². The van der Waals surface area contributed by atoms with Crippen molar-refractivity contribution in [3.05, 3.63) is 315 Å². The maximum atomic E-state index is 7.96. The van der Waals surface area contributed by atoms with E-state index in [1.54, 1.807) is 0 Å². The van der Waals surface area contributed by atoms with Gasteiger partial charge in [-0.05, 0) is 177 Å². The third-order valence-corrected chi connectivity index (χ3v) is 20.3. The van der Waals surface area contributed by atoms with Crippen molar-refractivity contribution in [2.45, 2.75) is 37.6 Å². The summed E-state index contributed by atoms with van der Waals surface area (Å²) in [4.78, 5) is 0. The van der Waals surface area contributed by atoms with E-state index in [0.717, 1.165) is 81.3 Å². The first-order valence-corrected chi connectivity index (χ1v) is 32.8. The van der Waals surface area contributed by atoms with Gasteiger partial charge in [-0.3, -0.25) is 0 Å². The van der Waals surface area contributed by atoms with Crippen LogP contribution in [0.15, 0.2) is 315 Å². The Morgan fingerprint density at radius 2 is 0.641 bits per heavy atom. The Balaban J connectivity index is 0.978. The molecule has 92 heavy (non-hydrogen) atoms. The number of benzene rings is 15. The lowest BCUT2D eigenvalue weighted by Gasteiger charge is -2.44. The Bertz CT molecular complexity index is 5140. The van der Waals surface area contributed by atoms with Crippen molar-refractivity contribution in [3.8, 4) is 106 Å². The molecule has 3 aliphatic rings. The first-order valence-electron chi connectivity index (χ1n) is 32.8. The zero-order valence-corrected chi connectivity index (χ0v) is 51.0. The molecule has 0 radical (unpaired) electrons. The molecule has 0 saturated heterocycles. The number of para-hydroxylation sites is 1. The molecule has 0 N–H and O–H groups in total. The highest BCUT2D eigenvalue weighted by Gasteiger charge is 2.48. The molecule has 4 heteroatoms. The zero-order valence-electron chi connectivity index (χ0n) is 51.0. The lowest BCUT2D eigenvalue weighted by atomic mass is 9.28. The minimum Gasteiger partial charge on any atom is -0.491 e. The van der Waals surface area contributed by atoms with Crippen LogP contribution >= 0.6 is 0 Å². The summed E-state index contributed by atoms with van der Waals surface area (Å²) in [5.41, 5.74) is 25.4. The molecule has 1 fully saturated rings. The Morgan fingerprint density at radius 1 is 0.283 bits per heavy atom. The largest absolute Gasteiger partial charge is 0.491 e. The molecule has 1 saturated carbocycles. The third kappa shape index (κ3) is 8.87. The summed E-state index contributed by atoms with van der Waals surface area (Å²) in [6.45, 7) is -0.302. The first-order chi connectivity index (χ1) is 45.7. The average Bonchev–Trinajstić information content (AvgIpc) is 0.689. The highest BCUT2D eigenvalue weighted by Crippen LogP contribution is 2.53. The van der Waals surface area contributed by atoms with Crippen LogP contribution in [0.25, 0.3) is 121 Å². The van der Waals surface area contributed by atoms with Gasteiger partial charge >= 0.3 is 0 Å². The summed E-state index contributed by atoms with van der Waals surface area (Å²) in [6.07, 6.45) is 4.35. The minimum absolute atomic E-state index is 0.00326. The first kappa shape index (κ1) is 54.0. The fourth-order valence-corrected chi connectivity index (χ4v) is 16.5. The maximum Gasteiger partial charge on any atom is 0.253 e. The fraction of sp³-hybridized carbons (Fsp3) is 0.0682. The van der Waals surface area contributed by atoms with Gasteiger partial charge < -0.3 is 9.47 Å². The molecular weight excluding hydrogens is 1110 g/mol. The molecule has 2 unspecified atom stereocenters. The van der Waals surface area contributed by atoms with Crippen LogP contribution < -0.4 is 36.8 Å². The van der Waals surface area contributed by atoms with Gasteiger partial charge in [0, 0.05) is 21.5 Å². The SMILES string of the molecule is c1ccc(-c2cc(-c3ccccc3)c(B3c4ccccc4Oc4c3c(-c3ccccc3)c3ccc5c6c(c(-c7ccccc7)c7ccc4c3c57)B(c3c(-c4ccccc4)cc(-c4ccccc4)cc3-c3ccccc3)C3CCCCC3O6)c(-c3ccccc3)c2)cc1. The lowest BCUT2D eigenvalue weighted by Crippen LogP contribution is -2.57. The molecule has 1 aliphatic carbocycles. The normalized spacial score (nSPS) is 14.9. The highest BCUT2D eigenvalue weighted by atomic mass is 16.5. The fourth-order valence-electron chi connectivity index (χ4n) is 16.5. The van der Waals surface area contributed by atoms with E-state index in [2.05, 4.69) is 315 Å². The summed E-state index contributed by atoms with van der Waals surface area (Å²) in [6, 6.07) is 117. The third-order valence-electron chi connectivity index (χ3n) is 20.3. The van der Waals surface area contributed by atoms with Gasteiger partial charge in [-0.1, -0.05) is 297 Å². The number of hydrogen-bond acceptors (Lipinski definition) is 2. The number of rotatable bonds is 10. The molecule has 2 heterocycles. The van der Waals surface area contributed by atoms with Gasteiger partial charge in [0.2, 0.25) is 6.71 Å². The van der Waals surface area contributed by atoms with Gasteiger partial charge in [-0.15, -0.1) is 0 Å². The summed E-state index contributed by atoms with van der Waals surface area (Å²) in [5, 5.41) is 7.04. The van der Waals surface area contributed by atoms with Crippen LogP contribution in [-0.4, -0.2) is 19.5 Å². The molecule has 0 spiro atoms. The monoisotopic (exact) mass is 1170 g/mol. The van der Waals surface area contributed by atoms with E-state index in [-0.39, 0.29) is 25.3 Å². The predicted molar refractivity (Wildman–Crippen MR) is 389 cm³/mol.